The lowest BCUT2D eigenvalue weighted by Gasteiger charge is -2.47. The number of hydrogen-bond acceptors (Lipinski definition) is 6. The summed E-state index contributed by atoms with van der Waals surface area (Å²) in [6.07, 6.45) is -5.24. The molecule has 3 rings (SSSR count). The van der Waals surface area contributed by atoms with Crippen LogP contribution in [0.3, 0.4) is 0 Å². The number of hydrogen-bond donors (Lipinski definition) is 1. The molecule has 1 aliphatic carbocycles. The predicted octanol–water partition coefficient (Wildman–Crippen LogP) is 3.49. The Hall–Kier alpha value is -2.55. The van der Waals surface area contributed by atoms with Crippen LogP contribution in [0.15, 0.2) is 35.6 Å². The molecule has 0 spiro atoms. The Kier molecular flexibility index (Phi) is 5.39. The monoisotopic (exact) mass is 428 g/mol. The van der Waals surface area contributed by atoms with Gasteiger partial charge >= 0.3 is 17.9 Å². The summed E-state index contributed by atoms with van der Waals surface area (Å²) in [5.74, 6) is -9.05. The fourth-order valence-corrected chi connectivity index (χ4v) is 4.19. The molecule has 6 nitrogen and oxygen atoms in total. The number of ketones is 1. The molecule has 1 N–H and O–H groups in total. The first-order valence-corrected chi connectivity index (χ1v) is 9.31. The van der Waals surface area contributed by atoms with Crippen molar-refractivity contribution in [2.24, 2.45) is 11.3 Å². The molecule has 164 valence electrons. The molecular weight excluding hydrogens is 405 g/mol. The molecule has 3 atom stereocenters. The molecule has 0 aromatic heterocycles. The fraction of sp³-hybridized carbons (Fsp3) is 0.524. The second-order valence-electron chi connectivity index (χ2n) is 8.33. The highest BCUT2D eigenvalue weighted by Crippen LogP contribution is 2.56. The van der Waals surface area contributed by atoms with Crippen LogP contribution in [0.5, 0.6) is 5.75 Å². The van der Waals surface area contributed by atoms with Crippen molar-refractivity contribution >= 4 is 11.8 Å². The highest BCUT2D eigenvalue weighted by atomic mass is 19.4. The van der Waals surface area contributed by atoms with Gasteiger partial charge in [-0.1, -0.05) is 26.0 Å². The van der Waals surface area contributed by atoms with Gasteiger partial charge in [-0.3, -0.25) is 9.59 Å². The summed E-state index contributed by atoms with van der Waals surface area (Å²) >= 11 is 0. The zero-order chi connectivity index (χ0) is 22.5. The van der Waals surface area contributed by atoms with Gasteiger partial charge in [0, 0.05) is 24.3 Å². The van der Waals surface area contributed by atoms with Gasteiger partial charge in [0.25, 0.3) is 0 Å². The van der Waals surface area contributed by atoms with Gasteiger partial charge in [-0.15, -0.1) is 0 Å². The molecule has 1 aliphatic heterocycles. The first-order valence-electron chi connectivity index (χ1n) is 9.31. The maximum Gasteiger partial charge on any atom is 0.456 e. The average molecular weight is 428 g/mol. The second-order valence-corrected chi connectivity index (χ2v) is 8.33. The SMILES string of the molecule is COC(=O)[C@H]1[C@H](c2ccc(OC)cc2)C2=C(CC(C)(C)CC2=O)O[C@]1(O)C(F)(F)F. The van der Waals surface area contributed by atoms with Gasteiger partial charge in [0.15, 0.2) is 5.78 Å². The van der Waals surface area contributed by atoms with E-state index in [-0.39, 0.29) is 29.7 Å². The molecule has 1 aromatic rings. The maximum absolute atomic E-state index is 14.0. The Morgan fingerprint density at radius 2 is 1.77 bits per heavy atom. The number of allylic oxidation sites excluding steroid dienone is 2. The number of carbonyl (C=O) groups is 2. The van der Waals surface area contributed by atoms with E-state index >= 15 is 0 Å². The van der Waals surface area contributed by atoms with Gasteiger partial charge in [-0.25, -0.2) is 0 Å². The van der Waals surface area contributed by atoms with Crippen molar-refractivity contribution in [3.8, 4) is 5.75 Å². The Labute approximate surface area is 171 Å². The number of halogens is 3. The van der Waals surface area contributed by atoms with Crippen LogP contribution in [-0.4, -0.2) is 43.0 Å². The lowest BCUT2D eigenvalue weighted by atomic mass is 9.66. The molecule has 0 radical (unpaired) electrons. The van der Waals surface area contributed by atoms with Crippen LogP contribution in [0.1, 0.15) is 38.2 Å². The molecule has 0 fully saturated rings. The van der Waals surface area contributed by atoms with E-state index in [0.717, 1.165) is 7.11 Å². The van der Waals surface area contributed by atoms with Crippen molar-refractivity contribution in [2.75, 3.05) is 14.2 Å². The van der Waals surface area contributed by atoms with Crippen molar-refractivity contribution < 1.29 is 42.1 Å². The minimum atomic E-state index is -5.32. The van der Waals surface area contributed by atoms with E-state index in [0.29, 0.717) is 5.75 Å². The van der Waals surface area contributed by atoms with Gasteiger partial charge in [0.2, 0.25) is 0 Å². The van der Waals surface area contributed by atoms with E-state index in [9.17, 15) is 27.9 Å². The quantitative estimate of drug-likeness (QED) is 0.743. The van der Waals surface area contributed by atoms with E-state index in [1.165, 1.54) is 31.4 Å². The molecule has 0 saturated carbocycles. The van der Waals surface area contributed by atoms with Gasteiger partial charge in [0.1, 0.15) is 17.4 Å². The summed E-state index contributed by atoms with van der Waals surface area (Å²) < 4.78 is 56.8. The highest BCUT2D eigenvalue weighted by Gasteiger charge is 2.70. The minimum absolute atomic E-state index is 0.00695. The Morgan fingerprint density at radius 3 is 2.27 bits per heavy atom. The van der Waals surface area contributed by atoms with Crippen LogP contribution in [0.4, 0.5) is 13.2 Å². The highest BCUT2D eigenvalue weighted by molar-refractivity contribution is 6.00. The van der Waals surface area contributed by atoms with Crippen molar-refractivity contribution in [3.05, 3.63) is 41.2 Å². The molecule has 1 aromatic carbocycles. The van der Waals surface area contributed by atoms with Crippen LogP contribution in [0.25, 0.3) is 0 Å². The van der Waals surface area contributed by atoms with E-state index in [2.05, 4.69) is 4.74 Å². The number of carbonyl (C=O) groups excluding carboxylic acids is 2. The number of rotatable bonds is 3. The number of aliphatic hydroxyl groups is 1. The maximum atomic E-state index is 14.0. The van der Waals surface area contributed by atoms with E-state index in [4.69, 9.17) is 9.47 Å². The molecule has 0 amide bonds. The average Bonchev–Trinajstić information content (AvgIpc) is 2.64. The second kappa shape index (κ2) is 7.30. The smallest absolute Gasteiger partial charge is 0.456 e. The fourth-order valence-electron chi connectivity index (χ4n) is 4.19. The number of alkyl halides is 3. The standard InChI is InChI=1S/C21H23F3O6/c1-19(2)9-13(25)16-14(10-19)30-20(27,21(22,23)24)17(18(26)29-4)15(16)11-5-7-12(28-3)8-6-11/h5-8,15,17,27H,9-10H2,1-4H3/t15-,17-,20+/m1/s1. The first kappa shape index (κ1) is 22.1. The van der Waals surface area contributed by atoms with Crippen molar-refractivity contribution in [2.45, 2.75) is 44.6 Å². The van der Waals surface area contributed by atoms with Crippen LogP contribution in [-0.2, 0) is 19.1 Å². The molecular formula is C21H23F3O6. The topological polar surface area (TPSA) is 82.1 Å². The molecule has 9 heteroatoms. The van der Waals surface area contributed by atoms with Crippen LogP contribution < -0.4 is 4.74 Å². The third-order valence-electron chi connectivity index (χ3n) is 5.56. The van der Waals surface area contributed by atoms with Crippen molar-refractivity contribution in [1.82, 2.24) is 0 Å². The lowest BCUT2D eigenvalue weighted by molar-refractivity contribution is -0.378. The van der Waals surface area contributed by atoms with Gasteiger partial charge in [0.05, 0.1) is 14.2 Å². The molecule has 2 aliphatic rings. The zero-order valence-corrected chi connectivity index (χ0v) is 17.0. The lowest BCUT2D eigenvalue weighted by Crippen LogP contribution is -2.61. The van der Waals surface area contributed by atoms with E-state index < -0.39 is 41.0 Å². The summed E-state index contributed by atoms with van der Waals surface area (Å²) in [5.41, 5.74) is -0.466. The third-order valence-corrected chi connectivity index (χ3v) is 5.56. The van der Waals surface area contributed by atoms with Gasteiger partial charge < -0.3 is 19.3 Å². The normalized spacial score (nSPS) is 28.5. The summed E-state index contributed by atoms with van der Waals surface area (Å²) in [4.78, 5) is 25.5. The van der Waals surface area contributed by atoms with Crippen molar-refractivity contribution in [1.29, 1.82) is 0 Å². The Morgan fingerprint density at radius 1 is 1.17 bits per heavy atom. The van der Waals surface area contributed by atoms with Crippen LogP contribution >= 0.6 is 0 Å². The summed E-state index contributed by atoms with van der Waals surface area (Å²) in [5, 5.41) is 10.7. The summed E-state index contributed by atoms with van der Waals surface area (Å²) in [6.45, 7) is 3.44. The number of Topliss-reactive ketones (excluding diaryl/α,β-unsaturated/α-hetero) is 1. The van der Waals surface area contributed by atoms with Gasteiger partial charge in [-0.05, 0) is 23.1 Å². The predicted molar refractivity (Wildman–Crippen MR) is 98.4 cm³/mol. The van der Waals surface area contributed by atoms with E-state index in [1.54, 1.807) is 13.8 Å². The number of esters is 1. The zero-order valence-electron chi connectivity index (χ0n) is 17.0. The summed E-state index contributed by atoms with van der Waals surface area (Å²) in [6, 6.07) is 5.92. The Balaban J connectivity index is 2.29. The molecule has 1 heterocycles. The molecule has 0 unspecified atom stereocenters. The largest absolute Gasteiger partial charge is 0.497 e. The molecule has 0 saturated heterocycles. The molecule has 30 heavy (non-hydrogen) atoms. The summed E-state index contributed by atoms with van der Waals surface area (Å²) in [7, 11) is 2.34. The first-order chi connectivity index (χ1) is 13.8. The Bertz CT molecular complexity index is 887. The van der Waals surface area contributed by atoms with Crippen LogP contribution in [0, 0.1) is 11.3 Å². The van der Waals surface area contributed by atoms with Crippen molar-refractivity contribution in [3.63, 3.8) is 0 Å². The third kappa shape index (κ3) is 3.55. The van der Waals surface area contributed by atoms with Crippen LogP contribution in [0.2, 0.25) is 0 Å². The minimum Gasteiger partial charge on any atom is -0.497 e. The molecule has 0 bridgehead atoms. The number of methoxy groups -OCH3 is 2. The number of ether oxygens (including phenoxy) is 3. The van der Waals surface area contributed by atoms with Gasteiger partial charge in [-0.2, -0.15) is 13.2 Å². The number of benzene rings is 1. The van der Waals surface area contributed by atoms with E-state index in [1.807, 2.05) is 0 Å².